The number of aliphatic carboxylic acids is 1. The normalized spacial score (nSPS) is 19.7. The molecule has 1 rings (SSSR count). The van der Waals surface area contributed by atoms with E-state index < -0.39 is 18.1 Å². The van der Waals surface area contributed by atoms with Gasteiger partial charge in [0.1, 0.15) is 23.4 Å². The van der Waals surface area contributed by atoms with Crippen molar-refractivity contribution in [3.05, 3.63) is 0 Å². The SMILES string of the molecule is CNCCOCCOCCCC(=O)[C@H](CC(C)=O)NC1CCC1N[C@@H](CC(C)=O)C(=O)O. The van der Waals surface area contributed by atoms with Gasteiger partial charge in [0, 0.05) is 44.5 Å². The fourth-order valence-corrected chi connectivity index (χ4v) is 3.49. The Hall–Kier alpha value is -1.72. The van der Waals surface area contributed by atoms with E-state index >= 15 is 0 Å². The molecule has 4 N–H and O–H groups in total. The maximum absolute atomic E-state index is 12.7. The number of rotatable bonds is 20. The molecule has 4 atom stereocenters. The van der Waals surface area contributed by atoms with Crippen molar-refractivity contribution < 1.29 is 33.8 Å². The summed E-state index contributed by atoms with van der Waals surface area (Å²) in [7, 11) is 1.86. The van der Waals surface area contributed by atoms with Gasteiger partial charge in [-0.25, -0.2) is 0 Å². The van der Waals surface area contributed by atoms with Gasteiger partial charge in [-0.1, -0.05) is 0 Å². The molecule has 10 heteroatoms. The molecule has 10 nitrogen and oxygen atoms in total. The van der Waals surface area contributed by atoms with Crippen molar-refractivity contribution in [3.8, 4) is 0 Å². The van der Waals surface area contributed by atoms with Crippen LogP contribution in [-0.2, 0) is 28.7 Å². The molecule has 0 bridgehead atoms. The quantitative estimate of drug-likeness (QED) is 0.186. The molecule has 0 aromatic rings. The molecule has 0 spiro atoms. The van der Waals surface area contributed by atoms with Crippen LogP contribution in [0.5, 0.6) is 0 Å². The maximum Gasteiger partial charge on any atom is 0.321 e. The molecule has 1 aliphatic rings. The molecule has 1 aliphatic carbocycles. The van der Waals surface area contributed by atoms with Crippen molar-refractivity contribution in [3.63, 3.8) is 0 Å². The first-order valence-corrected chi connectivity index (χ1v) is 11.3. The first kappa shape index (κ1) is 28.3. The molecule has 0 saturated heterocycles. The summed E-state index contributed by atoms with van der Waals surface area (Å²) in [4.78, 5) is 47.1. The van der Waals surface area contributed by atoms with Crippen molar-refractivity contribution in [2.45, 2.75) is 76.5 Å². The molecular weight excluding hydrogens is 418 g/mol. The highest BCUT2D eigenvalue weighted by Gasteiger charge is 2.36. The molecule has 0 aliphatic heterocycles. The third kappa shape index (κ3) is 11.8. The van der Waals surface area contributed by atoms with Crippen LogP contribution in [-0.4, -0.2) is 92.6 Å². The highest BCUT2D eigenvalue weighted by atomic mass is 16.5. The molecule has 0 radical (unpaired) electrons. The summed E-state index contributed by atoms with van der Waals surface area (Å²) in [6, 6.07) is -1.85. The Morgan fingerprint density at radius 1 is 0.875 bits per heavy atom. The number of ketones is 3. The van der Waals surface area contributed by atoms with Gasteiger partial charge in [-0.2, -0.15) is 0 Å². The van der Waals surface area contributed by atoms with Crippen LogP contribution in [0.2, 0.25) is 0 Å². The van der Waals surface area contributed by atoms with Gasteiger partial charge in [-0.15, -0.1) is 0 Å². The second-order valence-electron chi connectivity index (χ2n) is 8.28. The van der Waals surface area contributed by atoms with Crippen LogP contribution >= 0.6 is 0 Å². The Bertz CT molecular complexity index is 614. The Kier molecular flexibility index (Phi) is 14.1. The van der Waals surface area contributed by atoms with Gasteiger partial charge >= 0.3 is 5.97 Å². The number of carbonyl (C=O) groups excluding carboxylic acids is 3. The summed E-state index contributed by atoms with van der Waals surface area (Å²) in [5.74, 6) is -1.42. The zero-order valence-electron chi connectivity index (χ0n) is 19.5. The number of hydrogen-bond donors (Lipinski definition) is 4. The average molecular weight is 458 g/mol. The molecule has 0 amide bonds. The predicted molar refractivity (Wildman–Crippen MR) is 119 cm³/mol. The fourth-order valence-electron chi connectivity index (χ4n) is 3.49. The van der Waals surface area contributed by atoms with E-state index in [9.17, 15) is 24.3 Å². The number of carbonyl (C=O) groups is 4. The lowest BCUT2D eigenvalue weighted by atomic mass is 9.84. The van der Waals surface area contributed by atoms with Crippen molar-refractivity contribution in [2.75, 3.05) is 40.0 Å². The van der Waals surface area contributed by atoms with E-state index in [0.29, 0.717) is 39.3 Å². The Labute approximate surface area is 190 Å². The number of hydrogen-bond acceptors (Lipinski definition) is 9. The molecule has 1 saturated carbocycles. The zero-order chi connectivity index (χ0) is 23.9. The van der Waals surface area contributed by atoms with Crippen LogP contribution in [0.3, 0.4) is 0 Å². The summed E-state index contributed by atoms with van der Waals surface area (Å²) in [5, 5.41) is 18.5. The molecule has 32 heavy (non-hydrogen) atoms. The number of Topliss-reactive ketones (excluding diaryl/α,β-unsaturated/α-hetero) is 3. The van der Waals surface area contributed by atoms with E-state index in [2.05, 4.69) is 16.0 Å². The highest BCUT2D eigenvalue weighted by Crippen LogP contribution is 2.22. The predicted octanol–water partition coefficient (Wildman–Crippen LogP) is 0.0785. The third-order valence-electron chi connectivity index (χ3n) is 5.36. The lowest BCUT2D eigenvalue weighted by Gasteiger charge is -2.41. The first-order chi connectivity index (χ1) is 15.2. The van der Waals surface area contributed by atoms with Crippen LogP contribution in [0.1, 0.15) is 52.4 Å². The molecule has 0 aromatic heterocycles. The summed E-state index contributed by atoms with van der Waals surface area (Å²) < 4.78 is 10.8. The minimum Gasteiger partial charge on any atom is -0.480 e. The van der Waals surface area contributed by atoms with Gasteiger partial charge < -0.3 is 25.2 Å². The van der Waals surface area contributed by atoms with E-state index in [4.69, 9.17) is 9.47 Å². The second-order valence-corrected chi connectivity index (χ2v) is 8.28. The van der Waals surface area contributed by atoms with Crippen molar-refractivity contribution in [2.24, 2.45) is 0 Å². The lowest BCUT2D eigenvalue weighted by molar-refractivity contribution is -0.141. The van der Waals surface area contributed by atoms with Crippen LogP contribution in [0.25, 0.3) is 0 Å². The van der Waals surface area contributed by atoms with Crippen LogP contribution in [0, 0.1) is 0 Å². The zero-order valence-corrected chi connectivity index (χ0v) is 19.5. The maximum atomic E-state index is 12.7. The average Bonchev–Trinajstić information content (AvgIpc) is 2.70. The van der Waals surface area contributed by atoms with Gasteiger partial charge in [0.2, 0.25) is 0 Å². The Balaban J connectivity index is 2.42. The Morgan fingerprint density at radius 3 is 1.91 bits per heavy atom. The minimum absolute atomic E-state index is 0.0572. The largest absolute Gasteiger partial charge is 0.480 e. The molecule has 0 aromatic carbocycles. The van der Waals surface area contributed by atoms with E-state index in [-0.39, 0.29) is 42.3 Å². The summed E-state index contributed by atoms with van der Waals surface area (Å²) in [6.07, 6.45) is 2.36. The molecular formula is C22H39N3O7. The van der Waals surface area contributed by atoms with Crippen molar-refractivity contribution >= 4 is 23.3 Å². The smallest absolute Gasteiger partial charge is 0.321 e. The van der Waals surface area contributed by atoms with E-state index in [1.54, 1.807) is 0 Å². The first-order valence-electron chi connectivity index (χ1n) is 11.3. The Morgan fingerprint density at radius 2 is 1.41 bits per heavy atom. The standard InChI is InChI=1S/C22H39N3O7/c1-15(26)13-19(21(28)5-4-9-31-11-12-32-10-8-23-3)24-17-6-7-18(17)25-20(22(29)30)14-16(2)27/h17-20,23-25H,4-14H2,1-3H3,(H,29,30)/t17?,18?,19-,20-/m0/s1. The number of nitrogens with one attached hydrogen (secondary N) is 3. The van der Waals surface area contributed by atoms with Crippen LogP contribution in [0.15, 0.2) is 0 Å². The van der Waals surface area contributed by atoms with Crippen molar-refractivity contribution in [1.29, 1.82) is 0 Å². The summed E-state index contributed by atoms with van der Waals surface area (Å²) in [5.41, 5.74) is 0. The van der Waals surface area contributed by atoms with Gasteiger partial charge in [0.15, 0.2) is 0 Å². The monoisotopic (exact) mass is 457 g/mol. The molecule has 0 heterocycles. The lowest BCUT2D eigenvalue weighted by Crippen LogP contribution is -2.62. The molecule has 2 unspecified atom stereocenters. The second kappa shape index (κ2) is 16.0. The number of likely N-dealkylation sites (N-methyl/N-ethyl adjacent to an activating group) is 1. The van der Waals surface area contributed by atoms with Gasteiger partial charge in [-0.3, -0.25) is 24.5 Å². The number of ether oxygens (including phenoxy) is 2. The van der Waals surface area contributed by atoms with Crippen LogP contribution in [0.4, 0.5) is 0 Å². The molecule has 1 fully saturated rings. The number of carboxylic acids is 1. The topological polar surface area (TPSA) is 143 Å². The summed E-state index contributed by atoms with van der Waals surface area (Å²) >= 11 is 0. The van der Waals surface area contributed by atoms with Crippen LogP contribution < -0.4 is 16.0 Å². The number of carboxylic acid groups (broad SMARTS) is 1. The van der Waals surface area contributed by atoms with Gasteiger partial charge in [-0.05, 0) is 40.2 Å². The molecule has 184 valence electrons. The van der Waals surface area contributed by atoms with E-state index in [0.717, 1.165) is 19.4 Å². The van der Waals surface area contributed by atoms with Crippen molar-refractivity contribution in [1.82, 2.24) is 16.0 Å². The van der Waals surface area contributed by atoms with Gasteiger partial charge in [0.05, 0.1) is 25.9 Å². The fraction of sp³-hybridized carbons (Fsp3) is 0.818. The highest BCUT2D eigenvalue weighted by molar-refractivity contribution is 5.89. The van der Waals surface area contributed by atoms with E-state index in [1.165, 1.54) is 13.8 Å². The third-order valence-corrected chi connectivity index (χ3v) is 5.36. The minimum atomic E-state index is -1.07. The van der Waals surface area contributed by atoms with E-state index in [1.807, 2.05) is 7.05 Å². The summed E-state index contributed by atoms with van der Waals surface area (Å²) in [6.45, 7) is 5.61. The van der Waals surface area contributed by atoms with Gasteiger partial charge in [0.25, 0.3) is 0 Å².